The highest BCUT2D eigenvalue weighted by Crippen LogP contribution is 2.34. The SMILES string of the molecule is Cc1ccc(Sc2ncccc2C(=O)Nc2cc(Cl)ccc2Oc2ccc(C(=O)c3ccccc3)cc2)cc1. The van der Waals surface area contributed by atoms with Gasteiger partial charge in [-0.25, -0.2) is 4.98 Å². The zero-order valence-corrected chi connectivity index (χ0v) is 22.5. The van der Waals surface area contributed by atoms with Crippen LogP contribution < -0.4 is 10.1 Å². The number of aryl methyl sites for hydroxylation is 1. The first kappa shape index (κ1) is 26.2. The molecule has 0 aliphatic rings. The number of benzene rings is 4. The summed E-state index contributed by atoms with van der Waals surface area (Å²) in [5.74, 6) is 0.506. The van der Waals surface area contributed by atoms with E-state index in [2.05, 4.69) is 10.3 Å². The van der Waals surface area contributed by atoms with E-state index in [4.69, 9.17) is 16.3 Å². The van der Waals surface area contributed by atoms with E-state index in [1.54, 1.807) is 72.9 Å². The van der Waals surface area contributed by atoms with Crippen LogP contribution in [0.25, 0.3) is 0 Å². The summed E-state index contributed by atoms with van der Waals surface area (Å²) in [7, 11) is 0. The van der Waals surface area contributed by atoms with Crippen LogP contribution in [0.3, 0.4) is 0 Å². The molecule has 0 saturated carbocycles. The summed E-state index contributed by atoms with van der Waals surface area (Å²) in [4.78, 5) is 31.5. The molecule has 1 heterocycles. The third-order valence-electron chi connectivity index (χ3n) is 5.82. The van der Waals surface area contributed by atoms with Gasteiger partial charge in [0.1, 0.15) is 10.8 Å². The molecule has 0 radical (unpaired) electrons. The van der Waals surface area contributed by atoms with Gasteiger partial charge in [-0.05, 0) is 73.7 Å². The summed E-state index contributed by atoms with van der Waals surface area (Å²) in [5, 5.41) is 3.95. The predicted octanol–water partition coefficient (Wildman–Crippen LogP) is 8.47. The third-order valence-corrected chi connectivity index (χ3v) is 7.08. The molecule has 0 saturated heterocycles. The largest absolute Gasteiger partial charge is 0.455 e. The van der Waals surface area contributed by atoms with Crippen LogP contribution in [0.5, 0.6) is 11.5 Å². The number of carbonyl (C=O) groups excluding carboxylic acids is 2. The van der Waals surface area contributed by atoms with Crippen LogP contribution in [0.15, 0.2) is 125 Å². The molecule has 7 heteroatoms. The van der Waals surface area contributed by atoms with Gasteiger partial charge in [-0.2, -0.15) is 0 Å². The number of hydrogen-bond acceptors (Lipinski definition) is 5. The number of nitrogens with zero attached hydrogens (tertiary/aromatic N) is 1. The Balaban J connectivity index is 1.34. The minimum Gasteiger partial charge on any atom is -0.455 e. The van der Waals surface area contributed by atoms with Crippen molar-refractivity contribution in [3.8, 4) is 11.5 Å². The van der Waals surface area contributed by atoms with Crippen LogP contribution in [-0.2, 0) is 0 Å². The second kappa shape index (κ2) is 12.0. The average Bonchev–Trinajstić information content (AvgIpc) is 2.96. The van der Waals surface area contributed by atoms with Gasteiger partial charge in [0.25, 0.3) is 5.91 Å². The molecule has 0 fully saturated rings. The van der Waals surface area contributed by atoms with Crippen LogP contribution in [0, 0.1) is 6.92 Å². The number of hydrogen-bond donors (Lipinski definition) is 1. The van der Waals surface area contributed by atoms with E-state index >= 15 is 0 Å². The number of rotatable bonds is 8. The van der Waals surface area contributed by atoms with E-state index in [0.29, 0.717) is 43.9 Å². The third kappa shape index (κ3) is 6.55. The van der Waals surface area contributed by atoms with Crippen LogP contribution in [0.1, 0.15) is 31.8 Å². The lowest BCUT2D eigenvalue weighted by molar-refractivity contribution is 0.101. The minimum absolute atomic E-state index is 0.0719. The summed E-state index contributed by atoms with van der Waals surface area (Å²) in [6.45, 7) is 2.03. The van der Waals surface area contributed by atoms with Crippen LogP contribution in [0.2, 0.25) is 5.02 Å². The number of ketones is 1. The van der Waals surface area contributed by atoms with Gasteiger partial charge in [0.15, 0.2) is 11.5 Å². The summed E-state index contributed by atoms with van der Waals surface area (Å²) in [6, 6.07) is 32.4. The standard InChI is InChI=1S/C32H23ClN2O3S/c1-21-9-16-26(17-10-21)39-32-27(8-5-19-34-32)31(37)35-28-20-24(33)13-18-29(28)38-25-14-11-23(12-15-25)30(36)22-6-3-2-4-7-22/h2-20H,1H3,(H,35,37). The van der Waals surface area contributed by atoms with Crippen LogP contribution in [0.4, 0.5) is 5.69 Å². The summed E-state index contributed by atoms with van der Waals surface area (Å²) in [5.41, 5.74) is 3.16. The number of ether oxygens (including phenoxy) is 1. The first-order valence-electron chi connectivity index (χ1n) is 12.1. The maximum absolute atomic E-state index is 13.3. The Labute approximate surface area is 235 Å². The lowest BCUT2D eigenvalue weighted by Crippen LogP contribution is -2.14. The maximum atomic E-state index is 13.3. The highest BCUT2D eigenvalue weighted by molar-refractivity contribution is 7.99. The quantitative estimate of drug-likeness (QED) is 0.196. The first-order chi connectivity index (χ1) is 19.0. The van der Waals surface area contributed by atoms with Gasteiger partial charge in [-0.1, -0.05) is 71.4 Å². The lowest BCUT2D eigenvalue weighted by atomic mass is 10.0. The van der Waals surface area contributed by atoms with Crippen molar-refractivity contribution >= 4 is 40.7 Å². The Morgan fingerprint density at radius 1 is 0.821 bits per heavy atom. The summed E-state index contributed by atoms with van der Waals surface area (Å²) < 4.78 is 6.07. The highest BCUT2D eigenvalue weighted by Gasteiger charge is 2.17. The van der Waals surface area contributed by atoms with Crippen LogP contribution in [-0.4, -0.2) is 16.7 Å². The van der Waals surface area contributed by atoms with Gasteiger partial charge in [0, 0.05) is 27.2 Å². The summed E-state index contributed by atoms with van der Waals surface area (Å²) >= 11 is 7.67. The number of carbonyl (C=O) groups is 2. The van der Waals surface area contributed by atoms with E-state index in [-0.39, 0.29) is 11.7 Å². The molecule has 5 aromatic rings. The highest BCUT2D eigenvalue weighted by atomic mass is 35.5. The molecular formula is C32H23ClN2O3S. The predicted molar refractivity (Wildman–Crippen MR) is 155 cm³/mol. The molecule has 0 spiro atoms. The van der Waals surface area contributed by atoms with Crippen molar-refractivity contribution in [3.05, 3.63) is 143 Å². The number of pyridine rings is 1. The molecule has 0 atom stereocenters. The first-order valence-corrected chi connectivity index (χ1v) is 13.3. The average molecular weight is 551 g/mol. The molecule has 39 heavy (non-hydrogen) atoms. The number of amides is 1. The van der Waals surface area contributed by atoms with E-state index in [0.717, 1.165) is 10.5 Å². The van der Waals surface area contributed by atoms with Gasteiger partial charge >= 0.3 is 0 Å². The van der Waals surface area contributed by atoms with E-state index in [1.165, 1.54) is 11.8 Å². The summed E-state index contributed by atoms with van der Waals surface area (Å²) in [6.07, 6.45) is 1.66. The fraction of sp³-hybridized carbons (Fsp3) is 0.0312. The molecule has 192 valence electrons. The normalized spacial score (nSPS) is 10.6. The molecule has 0 bridgehead atoms. The van der Waals surface area contributed by atoms with Crippen molar-refractivity contribution < 1.29 is 14.3 Å². The van der Waals surface area contributed by atoms with Crippen LogP contribution >= 0.6 is 23.4 Å². The van der Waals surface area contributed by atoms with Crippen molar-refractivity contribution in [2.24, 2.45) is 0 Å². The lowest BCUT2D eigenvalue weighted by Gasteiger charge is -2.14. The van der Waals surface area contributed by atoms with Gasteiger partial charge in [0.2, 0.25) is 0 Å². The Morgan fingerprint density at radius 3 is 2.28 bits per heavy atom. The fourth-order valence-electron chi connectivity index (χ4n) is 3.80. The van der Waals surface area contributed by atoms with E-state index < -0.39 is 0 Å². The minimum atomic E-state index is -0.339. The Kier molecular flexibility index (Phi) is 8.06. The molecule has 1 aromatic heterocycles. The van der Waals surface area contributed by atoms with Gasteiger partial charge < -0.3 is 10.1 Å². The van der Waals surface area contributed by atoms with Crippen molar-refractivity contribution in [1.82, 2.24) is 4.98 Å². The molecule has 4 aromatic carbocycles. The molecule has 1 amide bonds. The van der Waals surface area contributed by atoms with Gasteiger partial charge in [0.05, 0.1) is 11.3 Å². The monoisotopic (exact) mass is 550 g/mol. The number of nitrogens with one attached hydrogen (secondary N) is 1. The molecule has 1 N–H and O–H groups in total. The van der Waals surface area contributed by atoms with Gasteiger partial charge in [-0.15, -0.1) is 0 Å². The van der Waals surface area contributed by atoms with Crippen molar-refractivity contribution in [2.75, 3.05) is 5.32 Å². The van der Waals surface area contributed by atoms with Crippen molar-refractivity contribution in [2.45, 2.75) is 16.8 Å². The second-order valence-electron chi connectivity index (χ2n) is 8.69. The second-order valence-corrected chi connectivity index (χ2v) is 10.2. The molecule has 5 nitrogen and oxygen atoms in total. The van der Waals surface area contributed by atoms with E-state index in [9.17, 15) is 9.59 Å². The number of aromatic nitrogens is 1. The number of halogens is 1. The Morgan fingerprint density at radius 2 is 1.54 bits per heavy atom. The fourth-order valence-corrected chi connectivity index (χ4v) is 4.85. The Bertz CT molecular complexity index is 1620. The molecule has 0 aliphatic carbocycles. The topological polar surface area (TPSA) is 68.3 Å². The number of anilines is 1. The zero-order chi connectivity index (χ0) is 27.2. The van der Waals surface area contributed by atoms with E-state index in [1.807, 2.05) is 49.4 Å². The molecule has 0 unspecified atom stereocenters. The smallest absolute Gasteiger partial charge is 0.258 e. The maximum Gasteiger partial charge on any atom is 0.258 e. The van der Waals surface area contributed by atoms with Crippen molar-refractivity contribution in [3.63, 3.8) is 0 Å². The zero-order valence-electron chi connectivity index (χ0n) is 20.9. The Hall–Kier alpha value is -4.39. The molecule has 0 aliphatic heterocycles. The van der Waals surface area contributed by atoms with Gasteiger partial charge in [-0.3, -0.25) is 9.59 Å². The van der Waals surface area contributed by atoms with Crippen molar-refractivity contribution in [1.29, 1.82) is 0 Å². The molecular weight excluding hydrogens is 528 g/mol. The molecule has 5 rings (SSSR count).